The fourth-order valence-electron chi connectivity index (χ4n) is 3.58. The molecule has 8 nitrogen and oxygen atoms in total. The number of benzene rings is 1. The molecule has 0 aliphatic carbocycles. The van der Waals surface area contributed by atoms with Gasteiger partial charge in [-0.3, -0.25) is 9.69 Å². The van der Waals surface area contributed by atoms with Gasteiger partial charge in [0.2, 0.25) is 0 Å². The van der Waals surface area contributed by atoms with Crippen LogP contribution in [0.25, 0.3) is 11.3 Å². The number of carbonyl (C=O) groups excluding carboxylic acids is 1. The number of carbonyl (C=O) groups is 1. The molecular weight excluding hydrogens is 421 g/mol. The Morgan fingerprint density at radius 2 is 1.82 bits per heavy atom. The Morgan fingerprint density at radius 3 is 2.52 bits per heavy atom. The van der Waals surface area contributed by atoms with Crippen LogP contribution in [-0.2, 0) is 0 Å². The Bertz CT molecular complexity index is 1080. The van der Waals surface area contributed by atoms with Gasteiger partial charge in [-0.25, -0.2) is 14.4 Å². The average Bonchev–Trinajstić information content (AvgIpc) is 2.83. The Kier molecular flexibility index (Phi) is 7.11. The molecule has 1 amide bonds. The maximum Gasteiger partial charge on any atom is 0.258 e. The van der Waals surface area contributed by atoms with Gasteiger partial charge in [-0.15, -0.1) is 0 Å². The number of nitrogens with zero attached hydrogens (tertiary/aromatic N) is 4. The highest BCUT2D eigenvalue weighted by atomic mass is 19.1. The molecule has 0 unspecified atom stereocenters. The third-order valence-electron chi connectivity index (χ3n) is 5.65. The van der Waals surface area contributed by atoms with Crippen molar-refractivity contribution in [2.24, 2.45) is 0 Å². The van der Waals surface area contributed by atoms with E-state index >= 15 is 0 Å². The molecule has 33 heavy (non-hydrogen) atoms. The monoisotopic (exact) mass is 449 g/mol. The maximum absolute atomic E-state index is 13.2. The quantitative estimate of drug-likeness (QED) is 0.510. The molecule has 172 valence electrons. The van der Waals surface area contributed by atoms with Crippen molar-refractivity contribution in [2.45, 2.75) is 0 Å². The molecule has 0 saturated carbocycles. The average molecular weight is 450 g/mol. The number of aromatic nitrogens is 2. The number of likely N-dealkylation sites (N-methyl/N-ethyl adjacent to an activating group) is 1. The molecule has 1 aromatic carbocycles. The summed E-state index contributed by atoms with van der Waals surface area (Å²) < 4.78 is 13.2. The van der Waals surface area contributed by atoms with Crippen molar-refractivity contribution in [2.75, 3.05) is 62.7 Å². The number of rotatable bonds is 7. The largest absolute Gasteiger partial charge is 0.396 e. The number of hydrogen-bond acceptors (Lipinski definition) is 7. The summed E-state index contributed by atoms with van der Waals surface area (Å²) in [5, 5.41) is 6.04. The molecule has 0 bridgehead atoms. The van der Waals surface area contributed by atoms with Gasteiger partial charge in [-0.1, -0.05) is 0 Å². The van der Waals surface area contributed by atoms with Gasteiger partial charge in [-0.05, 0) is 55.6 Å². The number of piperazine rings is 1. The summed E-state index contributed by atoms with van der Waals surface area (Å²) in [5.41, 5.74) is 8.03. The van der Waals surface area contributed by atoms with Crippen LogP contribution in [0.5, 0.6) is 0 Å². The molecule has 9 heteroatoms. The summed E-state index contributed by atoms with van der Waals surface area (Å²) in [5.74, 6) is 0.280. The van der Waals surface area contributed by atoms with Crippen LogP contribution in [0, 0.1) is 5.82 Å². The lowest BCUT2D eigenvalue weighted by molar-refractivity contribution is 0.102. The molecule has 1 saturated heterocycles. The highest BCUT2D eigenvalue weighted by Crippen LogP contribution is 2.24. The lowest BCUT2D eigenvalue weighted by Crippen LogP contribution is -2.45. The molecule has 0 atom stereocenters. The van der Waals surface area contributed by atoms with Gasteiger partial charge in [0.05, 0.1) is 16.9 Å². The minimum absolute atomic E-state index is 0.246. The standard InChI is InChI=1S/C24H28FN7O/c1-31-12-14-32(15-13-31)11-10-27-22-9-4-18(16-28-22)24(33)30-23-20(26)7-8-21(29-23)17-2-5-19(25)6-3-17/h2-9,16H,10-15,26H2,1H3,(H,27,28)(H,29,30,33). The second-order valence-electron chi connectivity index (χ2n) is 8.10. The molecule has 0 spiro atoms. The number of anilines is 3. The molecule has 1 aliphatic heterocycles. The van der Waals surface area contributed by atoms with E-state index in [0.29, 0.717) is 16.9 Å². The van der Waals surface area contributed by atoms with E-state index in [2.05, 4.69) is 37.4 Å². The number of nitrogens with one attached hydrogen (secondary N) is 2. The molecule has 2 aromatic heterocycles. The van der Waals surface area contributed by atoms with Gasteiger partial charge in [0.15, 0.2) is 5.82 Å². The third kappa shape index (κ3) is 6.03. The highest BCUT2D eigenvalue weighted by molar-refractivity contribution is 6.05. The van der Waals surface area contributed by atoms with Gasteiger partial charge in [0.25, 0.3) is 5.91 Å². The lowest BCUT2D eigenvalue weighted by Gasteiger charge is -2.32. The number of nitrogen functional groups attached to an aromatic ring is 1. The molecule has 0 radical (unpaired) electrons. The topological polar surface area (TPSA) is 99.4 Å². The molecular formula is C24H28FN7O. The summed E-state index contributed by atoms with van der Waals surface area (Å²) in [4.78, 5) is 26.2. The molecule has 1 fully saturated rings. The van der Waals surface area contributed by atoms with Gasteiger partial charge < -0.3 is 21.3 Å². The minimum Gasteiger partial charge on any atom is -0.396 e. The van der Waals surface area contributed by atoms with Crippen molar-refractivity contribution >= 4 is 23.2 Å². The molecule has 4 rings (SSSR count). The first kappa shape index (κ1) is 22.6. The second kappa shape index (κ2) is 10.4. The van der Waals surface area contributed by atoms with Crippen LogP contribution in [0.1, 0.15) is 10.4 Å². The number of pyridine rings is 2. The van der Waals surface area contributed by atoms with Gasteiger partial charge in [-0.2, -0.15) is 0 Å². The summed E-state index contributed by atoms with van der Waals surface area (Å²) in [7, 11) is 2.14. The van der Waals surface area contributed by atoms with E-state index in [1.165, 1.54) is 18.3 Å². The van der Waals surface area contributed by atoms with E-state index in [-0.39, 0.29) is 17.5 Å². The molecule has 4 N–H and O–H groups in total. The van der Waals surface area contributed by atoms with Gasteiger partial charge in [0, 0.05) is 51.0 Å². The fraction of sp³-hybridized carbons (Fsp3) is 0.292. The van der Waals surface area contributed by atoms with Crippen LogP contribution in [-0.4, -0.2) is 72.0 Å². The Labute approximate surface area is 192 Å². The summed E-state index contributed by atoms with van der Waals surface area (Å²) in [6, 6.07) is 12.8. The summed E-state index contributed by atoms with van der Waals surface area (Å²) in [6.45, 7) is 6.07. The fourth-order valence-corrected chi connectivity index (χ4v) is 3.58. The molecule has 3 aromatic rings. The molecule has 1 aliphatic rings. The first-order valence-corrected chi connectivity index (χ1v) is 10.9. The normalized spacial score (nSPS) is 14.7. The number of hydrogen-bond donors (Lipinski definition) is 3. The van der Waals surface area contributed by atoms with Crippen LogP contribution >= 0.6 is 0 Å². The van der Waals surface area contributed by atoms with Crippen molar-refractivity contribution in [3.05, 3.63) is 66.1 Å². The van der Waals surface area contributed by atoms with Crippen LogP contribution in [0.2, 0.25) is 0 Å². The zero-order valence-electron chi connectivity index (χ0n) is 18.6. The third-order valence-corrected chi connectivity index (χ3v) is 5.65. The van der Waals surface area contributed by atoms with E-state index in [0.717, 1.165) is 50.6 Å². The zero-order chi connectivity index (χ0) is 23.2. The first-order chi connectivity index (χ1) is 16.0. The van der Waals surface area contributed by atoms with Crippen LogP contribution < -0.4 is 16.4 Å². The predicted molar refractivity (Wildman–Crippen MR) is 129 cm³/mol. The summed E-state index contributed by atoms with van der Waals surface area (Å²) in [6.07, 6.45) is 1.52. The lowest BCUT2D eigenvalue weighted by atomic mass is 10.1. The van der Waals surface area contributed by atoms with Gasteiger partial charge >= 0.3 is 0 Å². The first-order valence-electron chi connectivity index (χ1n) is 10.9. The van der Waals surface area contributed by atoms with Crippen molar-refractivity contribution in [3.63, 3.8) is 0 Å². The Hall–Kier alpha value is -3.56. The van der Waals surface area contributed by atoms with E-state index in [9.17, 15) is 9.18 Å². The molecule has 3 heterocycles. The van der Waals surface area contributed by atoms with E-state index in [1.807, 2.05) is 0 Å². The van der Waals surface area contributed by atoms with E-state index in [4.69, 9.17) is 5.73 Å². The van der Waals surface area contributed by atoms with E-state index < -0.39 is 0 Å². The van der Waals surface area contributed by atoms with Crippen LogP contribution in [0.15, 0.2) is 54.7 Å². The Balaban J connectivity index is 1.34. The zero-order valence-corrected chi connectivity index (χ0v) is 18.6. The summed E-state index contributed by atoms with van der Waals surface area (Å²) >= 11 is 0. The maximum atomic E-state index is 13.2. The SMILES string of the molecule is CN1CCN(CCNc2ccc(C(=O)Nc3nc(-c4ccc(F)cc4)ccc3N)cn2)CC1. The van der Waals surface area contributed by atoms with Crippen molar-refractivity contribution in [3.8, 4) is 11.3 Å². The number of nitrogens with two attached hydrogens (primary N) is 1. The predicted octanol–water partition coefficient (Wildman–Crippen LogP) is 2.78. The van der Waals surface area contributed by atoms with Crippen molar-refractivity contribution < 1.29 is 9.18 Å². The minimum atomic E-state index is -0.359. The smallest absolute Gasteiger partial charge is 0.258 e. The van der Waals surface area contributed by atoms with Crippen molar-refractivity contribution in [1.82, 2.24) is 19.8 Å². The second-order valence-corrected chi connectivity index (χ2v) is 8.10. The highest BCUT2D eigenvalue weighted by Gasteiger charge is 2.14. The number of halogens is 1. The van der Waals surface area contributed by atoms with E-state index in [1.54, 1.807) is 36.4 Å². The van der Waals surface area contributed by atoms with Crippen LogP contribution in [0.4, 0.5) is 21.7 Å². The van der Waals surface area contributed by atoms with Gasteiger partial charge in [0.1, 0.15) is 11.6 Å². The Morgan fingerprint density at radius 1 is 1.06 bits per heavy atom. The van der Waals surface area contributed by atoms with Crippen LogP contribution in [0.3, 0.4) is 0 Å². The van der Waals surface area contributed by atoms with Crippen molar-refractivity contribution in [1.29, 1.82) is 0 Å². The number of amides is 1.